The van der Waals surface area contributed by atoms with Crippen molar-refractivity contribution in [3.63, 3.8) is 0 Å². The summed E-state index contributed by atoms with van der Waals surface area (Å²) in [6, 6.07) is 16.8. The van der Waals surface area contributed by atoms with Crippen molar-refractivity contribution in [1.82, 2.24) is 14.7 Å². The highest BCUT2D eigenvalue weighted by Crippen LogP contribution is 2.30. The van der Waals surface area contributed by atoms with Gasteiger partial charge in [0.25, 0.3) is 5.91 Å². The Hall–Kier alpha value is -4.28. The molecule has 0 bridgehead atoms. The van der Waals surface area contributed by atoms with E-state index in [1.165, 1.54) is 42.6 Å². The van der Waals surface area contributed by atoms with Crippen LogP contribution in [-0.2, 0) is 12.1 Å². The van der Waals surface area contributed by atoms with Crippen molar-refractivity contribution < 1.29 is 28.2 Å². The summed E-state index contributed by atoms with van der Waals surface area (Å²) in [6.45, 7) is 7.66. The predicted octanol–water partition coefficient (Wildman–Crippen LogP) is 7.00. The molecule has 4 aromatic rings. The van der Waals surface area contributed by atoms with Crippen molar-refractivity contribution >= 4 is 30.0 Å². The van der Waals surface area contributed by atoms with Gasteiger partial charge in [-0.15, -0.1) is 12.4 Å². The number of carbonyl (C=O) groups excluding carboxylic acids is 1. The third-order valence-electron chi connectivity index (χ3n) is 7.40. The zero-order valence-electron chi connectivity index (χ0n) is 24.7. The second-order valence-electron chi connectivity index (χ2n) is 11.7. The number of hydrogen-bond acceptors (Lipinski definition) is 5. The first kappa shape index (κ1) is 32.6. The number of halogens is 3. The van der Waals surface area contributed by atoms with Crippen LogP contribution >= 0.6 is 12.4 Å². The summed E-state index contributed by atoms with van der Waals surface area (Å²) in [5.74, 6) is -1.50. The second kappa shape index (κ2) is 13.6. The monoisotopic (exact) mass is 624 g/mol. The third kappa shape index (κ3) is 7.62. The number of ether oxygens (including phenoxy) is 1. The molecule has 2 heterocycles. The largest absolute Gasteiger partial charge is 0.490 e. The summed E-state index contributed by atoms with van der Waals surface area (Å²) < 4.78 is 36.2. The maximum atomic E-state index is 14.8. The Morgan fingerprint density at radius 2 is 1.66 bits per heavy atom. The van der Waals surface area contributed by atoms with Crippen LogP contribution in [0.25, 0.3) is 11.3 Å². The highest BCUT2D eigenvalue weighted by molar-refractivity contribution is 6.08. The first-order valence-electron chi connectivity index (χ1n) is 14.1. The molecule has 11 heteroatoms. The molecule has 1 fully saturated rings. The van der Waals surface area contributed by atoms with E-state index in [-0.39, 0.29) is 35.7 Å². The zero-order chi connectivity index (χ0) is 30.7. The number of nitrogens with one attached hydrogen (secondary N) is 1. The number of aromatic carboxylic acids is 1. The van der Waals surface area contributed by atoms with Crippen molar-refractivity contribution in [2.45, 2.75) is 51.8 Å². The fraction of sp³-hybridized carbons (Fsp3) is 0.303. The Labute approximate surface area is 261 Å². The van der Waals surface area contributed by atoms with Gasteiger partial charge in [0.2, 0.25) is 0 Å². The summed E-state index contributed by atoms with van der Waals surface area (Å²) in [6.07, 6.45) is 2.95. The Morgan fingerprint density at radius 3 is 2.27 bits per heavy atom. The van der Waals surface area contributed by atoms with E-state index in [0.717, 1.165) is 12.8 Å². The average molecular weight is 625 g/mol. The molecule has 3 aromatic carbocycles. The molecule has 0 aliphatic carbocycles. The van der Waals surface area contributed by atoms with Gasteiger partial charge in [0.15, 0.2) is 0 Å². The Balaban J connectivity index is 0.00000442. The number of piperidine rings is 1. The predicted molar refractivity (Wildman–Crippen MR) is 167 cm³/mol. The summed E-state index contributed by atoms with van der Waals surface area (Å²) in [5.41, 5.74) is 2.24. The molecule has 0 atom stereocenters. The molecule has 8 nitrogen and oxygen atoms in total. The minimum atomic E-state index is -0.984. The quantitative estimate of drug-likeness (QED) is 0.219. The Morgan fingerprint density at radius 1 is 1.00 bits per heavy atom. The van der Waals surface area contributed by atoms with E-state index in [4.69, 9.17) is 9.84 Å². The number of anilines is 1. The van der Waals surface area contributed by atoms with Crippen LogP contribution in [0.3, 0.4) is 0 Å². The molecule has 1 aliphatic rings. The van der Waals surface area contributed by atoms with Gasteiger partial charge in [0.05, 0.1) is 28.6 Å². The zero-order valence-corrected chi connectivity index (χ0v) is 25.5. The van der Waals surface area contributed by atoms with Crippen LogP contribution in [0.5, 0.6) is 5.75 Å². The van der Waals surface area contributed by atoms with Gasteiger partial charge in [-0.05, 0) is 100 Å². The normalized spacial score (nSPS) is 14.1. The number of nitrogens with zero attached hydrogens (tertiary/aromatic N) is 3. The van der Waals surface area contributed by atoms with Crippen LogP contribution in [-0.4, -0.2) is 50.9 Å². The molecule has 0 saturated carbocycles. The van der Waals surface area contributed by atoms with Gasteiger partial charge in [-0.2, -0.15) is 5.10 Å². The van der Waals surface area contributed by atoms with E-state index in [0.29, 0.717) is 53.5 Å². The number of amides is 1. The lowest BCUT2D eigenvalue weighted by Gasteiger charge is -2.32. The highest BCUT2D eigenvalue weighted by atomic mass is 35.5. The van der Waals surface area contributed by atoms with Crippen LogP contribution in [0.1, 0.15) is 59.9 Å². The Bertz CT molecular complexity index is 1610. The molecule has 1 amide bonds. The SMILES string of the molecule is CC(C)(C)n1ncc(C(=O)Nc2ccc(F)c(CN3CCC(Oc4ccc(C(=O)O)cc4)CC3)c2)c1-c1ccc(F)cc1.Cl. The number of likely N-dealkylation sites (tertiary alicyclic amines) is 1. The minimum absolute atomic E-state index is 0. The van der Waals surface area contributed by atoms with E-state index in [1.807, 2.05) is 20.8 Å². The summed E-state index contributed by atoms with van der Waals surface area (Å²) in [4.78, 5) is 26.6. The van der Waals surface area contributed by atoms with E-state index in [9.17, 15) is 18.4 Å². The van der Waals surface area contributed by atoms with Gasteiger partial charge in [-0.3, -0.25) is 14.4 Å². The molecular formula is C33H35ClF2N4O4. The van der Waals surface area contributed by atoms with Crippen LogP contribution < -0.4 is 10.1 Å². The van der Waals surface area contributed by atoms with Gasteiger partial charge in [-0.25, -0.2) is 13.6 Å². The molecule has 232 valence electrons. The van der Waals surface area contributed by atoms with Crippen LogP contribution in [0.2, 0.25) is 0 Å². The number of carboxylic acids is 1. The lowest BCUT2D eigenvalue weighted by Crippen LogP contribution is -2.38. The van der Waals surface area contributed by atoms with Gasteiger partial charge in [0, 0.05) is 36.4 Å². The first-order chi connectivity index (χ1) is 20.5. The summed E-state index contributed by atoms with van der Waals surface area (Å²) >= 11 is 0. The van der Waals surface area contributed by atoms with Crippen molar-refractivity contribution in [3.05, 3.63) is 101 Å². The minimum Gasteiger partial charge on any atom is -0.490 e. The maximum absolute atomic E-state index is 14.8. The van der Waals surface area contributed by atoms with Gasteiger partial charge >= 0.3 is 5.97 Å². The molecule has 5 rings (SSSR count). The van der Waals surface area contributed by atoms with E-state index in [1.54, 1.807) is 35.0 Å². The molecule has 2 N–H and O–H groups in total. The van der Waals surface area contributed by atoms with E-state index >= 15 is 0 Å². The van der Waals surface area contributed by atoms with E-state index < -0.39 is 17.4 Å². The first-order valence-corrected chi connectivity index (χ1v) is 14.1. The van der Waals surface area contributed by atoms with Gasteiger partial charge < -0.3 is 15.2 Å². The van der Waals surface area contributed by atoms with Crippen LogP contribution in [0, 0.1) is 11.6 Å². The fourth-order valence-corrected chi connectivity index (χ4v) is 5.18. The highest BCUT2D eigenvalue weighted by Gasteiger charge is 2.26. The lowest BCUT2D eigenvalue weighted by molar-refractivity contribution is 0.0696. The van der Waals surface area contributed by atoms with Crippen LogP contribution in [0.15, 0.2) is 72.9 Å². The van der Waals surface area contributed by atoms with Crippen molar-refractivity contribution in [2.24, 2.45) is 0 Å². The standard InChI is InChI=1S/C33H34F2N4O4.ClH/c1-33(2,3)39-30(21-4-8-24(34)9-5-21)28(19-36-39)31(40)37-25-10-13-29(35)23(18-25)20-38-16-14-27(15-17-38)43-26-11-6-22(7-12-26)32(41)42;/h4-13,18-19,27H,14-17,20H2,1-3H3,(H,37,40)(H,41,42);1H. The Kier molecular flexibility index (Phi) is 10.1. The molecule has 44 heavy (non-hydrogen) atoms. The maximum Gasteiger partial charge on any atom is 0.335 e. The topological polar surface area (TPSA) is 96.7 Å². The third-order valence-corrected chi connectivity index (χ3v) is 7.40. The number of hydrogen-bond donors (Lipinski definition) is 2. The van der Waals surface area contributed by atoms with Gasteiger partial charge in [0.1, 0.15) is 23.5 Å². The second-order valence-corrected chi connectivity index (χ2v) is 11.7. The van der Waals surface area contributed by atoms with Crippen molar-refractivity contribution in [1.29, 1.82) is 0 Å². The average Bonchev–Trinajstić information content (AvgIpc) is 3.43. The number of benzene rings is 3. The fourth-order valence-electron chi connectivity index (χ4n) is 5.18. The molecule has 0 radical (unpaired) electrons. The van der Waals surface area contributed by atoms with Crippen LogP contribution in [0.4, 0.5) is 14.5 Å². The summed E-state index contributed by atoms with van der Waals surface area (Å²) in [5, 5.41) is 16.4. The number of rotatable bonds is 8. The number of carboxylic acid groups (broad SMARTS) is 1. The van der Waals surface area contributed by atoms with Crippen molar-refractivity contribution in [2.75, 3.05) is 18.4 Å². The smallest absolute Gasteiger partial charge is 0.335 e. The molecule has 0 unspecified atom stereocenters. The number of aromatic nitrogens is 2. The molecule has 1 aromatic heterocycles. The summed E-state index contributed by atoms with van der Waals surface area (Å²) in [7, 11) is 0. The van der Waals surface area contributed by atoms with Gasteiger partial charge in [-0.1, -0.05) is 0 Å². The van der Waals surface area contributed by atoms with E-state index in [2.05, 4.69) is 15.3 Å². The van der Waals surface area contributed by atoms with Crippen molar-refractivity contribution in [3.8, 4) is 17.0 Å². The molecular weight excluding hydrogens is 590 g/mol. The number of carbonyl (C=O) groups is 2. The lowest BCUT2D eigenvalue weighted by atomic mass is 10.0. The molecule has 1 aliphatic heterocycles. The molecule has 1 saturated heterocycles. The molecule has 0 spiro atoms.